The molecule has 11 heteroatoms. The summed E-state index contributed by atoms with van der Waals surface area (Å²) < 4.78 is 11.1. The highest BCUT2D eigenvalue weighted by Crippen LogP contribution is 2.61. The number of nitrogens with two attached hydrogens (primary N) is 2. The van der Waals surface area contributed by atoms with E-state index in [4.69, 9.17) is 20.9 Å². The number of ether oxygens (including phenoxy) is 2. The van der Waals surface area contributed by atoms with Gasteiger partial charge in [-0.1, -0.05) is 13.0 Å². The number of nitrogen functional groups attached to an aromatic ring is 1. The number of rotatable bonds is 10. The van der Waals surface area contributed by atoms with Gasteiger partial charge in [-0.25, -0.2) is 0 Å². The van der Waals surface area contributed by atoms with Crippen molar-refractivity contribution >= 4 is 23.5 Å². The number of anilines is 1. The first kappa shape index (κ1) is 31.6. The maximum atomic E-state index is 12.8. The quantitative estimate of drug-likeness (QED) is 0.100. The molecule has 7 atom stereocenters. The summed E-state index contributed by atoms with van der Waals surface area (Å²) >= 11 is 0. The van der Waals surface area contributed by atoms with E-state index in [-0.39, 0.29) is 48.6 Å². The number of hydrogen-bond acceptors (Lipinski definition) is 10. The molecule has 2 aromatic carbocycles. The van der Waals surface area contributed by atoms with Crippen LogP contribution in [0.3, 0.4) is 0 Å². The van der Waals surface area contributed by atoms with E-state index in [0.29, 0.717) is 23.5 Å². The van der Waals surface area contributed by atoms with E-state index in [1.165, 1.54) is 23.3 Å². The normalized spacial score (nSPS) is 26.9. The second kappa shape index (κ2) is 12.6. The van der Waals surface area contributed by atoms with Gasteiger partial charge in [-0.3, -0.25) is 14.4 Å². The Morgan fingerprint density at radius 1 is 0.977 bits per heavy atom. The summed E-state index contributed by atoms with van der Waals surface area (Å²) in [6.45, 7) is 2.24. The fraction of sp³-hybridized carbons (Fsp3) is 0.545. The second-order valence-corrected chi connectivity index (χ2v) is 12.8. The summed E-state index contributed by atoms with van der Waals surface area (Å²) in [6, 6.07) is 8.22. The van der Waals surface area contributed by atoms with Gasteiger partial charge in [0.1, 0.15) is 23.2 Å². The van der Waals surface area contributed by atoms with E-state index in [0.717, 1.165) is 38.5 Å². The molecule has 3 aliphatic carbocycles. The molecule has 5 rings (SSSR count). The number of carbonyl (C=O) groups excluding carboxylic acids is 3. The van der Waals surface area contributed by atoms with Crippen LogP contribution in [0.15, 0.2) is 30.3 Å². The van der Waals surface area contributed by atoms with Crippen LogP contribution in [0.1, 0.15) is 92.1 Å². The molecule has 8 N–H and O–H groups in total. The summed E-state index contributed by atoms with van der Waals surface area (Å²) in [4.78, 5) is 36.8. The molecule has 2 fully saturated rings. The standard InChI is InChI=1S/C33H42N2O9/c1-33-15-14-20-19-5-3-18(36)16-17(19)2-4-21(20)22(33)6-11-27(33)44-29(40)13-9-25(38)24(37)8-12-28(39)43-26-10-7-23(34)31(41)30(26)32(35)42/h3,5,7,10,16,20-22,24-25,27,36-38,41H,2,4,6,8-9,11-15,34H2,1H3,(H2,35,42). The lowest BCUT2D eigenvalue weighted by Gasteiger charge is -2.50. The lowest BCUT2D eigenvalue weighted by molar-refractivity contribution is -0.158. The van der Waals surface area contributed by atoms with Crippen molar-refractivity contribution in [1.82, 2.24) is 0 Å². The number of phenols is 2. The Kier molecular flexibility index (Phi) is 9.08. The van der Waals surface area contributed by atoms with Crippen LogP contribution in [0.5, 0.6) is 17.2 Å². The Hall–Kier alpha value is -3.83. The van der Waals surface area contributed by atoms with Crippen molar-refractivity contribution in [2.75, 3.05) is 5.73 Å². The largest absolute Gasteiger partial charge is 0.508 e. The van der Waals surface area contributed by atoms with Crippen molar-refractivity contribution in [1.29, 1.82) is 0 Å². The molecule has 2 aromatic rings. The maximum absolute atomic E-state index is 12.8. The number of hydrogen-bond donors (Lipinski definition) is 6. The number of amides is 1. The maximum Gasteiger partial charge on any atom is 0.311 e. The third kappa shape index (κ3) is 6.21. The van der Waals surface area contributed by atoms with Crippen molar-refractivity contribution in [2.24, 2.45) is 23.0 Å². The Morgan fingerprint density at radius 3 is 2.39 bits per heavy atom. The molecule has 238 valence electrons. The molecule has 0 radical (unpaired) electrons. The SMILES string of the molecule is CC12CCC3c4ccc(O)cc4CCC3C1CCC2OC(=O)CCC(O)C(O)CCC(=O)Oc1ccc(N)c(O)c1C(N)=O. The van der Waals surface area contributed by atoms with Gasteiger partial charge in [-0.15, -0.1) is 0 Å². The highest BCUT2D eigenvalue weighted by molar-refractivity contribution is 6.00. The van der Waals surface area contributed by atoms with E-state index in [9.17, 15) is 34.8 Å². The molecule has 11 nitrogen and oxygen atoms in total. The Bertz CT molecular complexity index is 1430. The van der Waals surface area contributed by atoms with Crippen LogP contribution in [0.2, 0.25) is 0 Å². The van der Waals surface area contributed by atoms with Crippen molar-refractivity contribution < 1.29 is 44.3 Å². The molecule has 7 unspecified atom stereocenters. The van der Waals surface area contributed by atoms with Gasteiger partial charge in [0.25, 0.3) is 5.91 Å². The fourth-order valence-corrected chi connectivity index (χ4v) is 7.93. The highest BCUT2D eigenvalue weighted by Gasteiger charge is 2.56. The van der Waals surface area contributed by atoms with E-state index in [1.807, 2.05) is 6.07 Å². The Balaban J connectivity index is 1.08. The zero-order valence-corrected chi connectivity index (χ0v) is 24.9. The number of esters is 2. The smallest absolute Gasteiger partial charge is 0.311 e. The summed E-state index contributed by atoms with van der Waals surface area (Å²) in [5.41, 5.74) is 12.8. The average molecular weight is 611 g/mol. The number of fused-ring (bicyclic) bond motifs is 5. The van der Waals surface area contributed by atoms with Crippen LogP contribution in [0.25, 0.3) is 0 Å². The Labute approximate surface area is 256 Å². The van der Waals surface area contributed by atoms with Gasteiger partial charge in [0.05, 0.1) is 17.9 Å². The lowest BCUT2D eigenvalue weighted by atomic mass is 9.55. The molecule has 0 aromatic heterocycles. The molecule has 0 bridgehead atoms. The zero-order chi connectivity index (χ0) is 31.8. The average Bonchev–Trinajstić information content (AvgIpc) is 3.31. The fourth-order valence-electron chi connectivity index (χ4n) is 7.93. The molecule has 0 spiro atoms. The van der Waals surface area contributed by atoms with Crippen LogP contribution in [-0.2, 0) is 20.7 Å². The molecule has 0 heterocycles. The molecule has 1 amide bonds. The monoisotopic (exact) mass is 610 g/mol. The third-order valence-electron chi connectivity index (χ3n) is 10.3. The van der Waals surface area contributed by atoms with Crippen LogP contribution < -0.4 is 16.2 Å². The summed E-state index contributed by atoms with van der Waals surface area (Å²) in [5.74, 6) is -1.39. The van der Waals surface area contributed by atoms with Crippen LogP contribution in [0.4, 0.5) is 5.69 Å². The molecular formula is C33H42N2O9. The highest BCUT2D eigenvalue weighted by atomic mass is 16.5. The summed E-state index contributed by atoms with van der Waals surface area (Å²) in [6.07, 6.45) is 2.44. The number of aryl methyl sites for hydroxylation is 1. The lowest BCUT2D eigenvalue weighted by Crippen LogP contribution is -2.45. The number of primary amides is 1. The Morgan fingerprint density at radius 2 is 1.68 bits per heavy atom. The van der Waals surface area contributed by atoms with Gasteiger partial charge < -0.3 is 41.4 Å². The van der Waals surface area contributed by atoms with E-state index < -0.39 is 41.4 Å². The molecule has 2 saturated carbocycles. The van der Waals surface area contributed by atoms with E-state index in [2.05, 4.69) is 13.0 Å². The predicted molar refractivity (Wildman–Crippen MR) is 160 cm³/mol. The van der Waals surface area contributed by atoms with Crippen molar-refractivity contribution in [3.63, 3.8) is 0 Å². The van der Waals surface area contributed by atoms with Gasteiger partial charge in [0, 0.05) is 18.3 Å². The first-order chi connectivity index (χ1) is 20.9. The van der Waals surface area contributed by atoms with Gasteiger partial charge in [0.15, 0.2) is 5.75 Å². The summed E-state index contributed by atoms with van der Waals surface area (Å²) in [5, 5.41) is 40.7. The predicted octanol–water partition coefficient (Wildman–Crippen LogP) is 3.43. The number of phenolic OH excluding ortho intramolecular Hbond substituents is 1. The van der Waals surface area contributed by atoms with Gasteiger partial charge in [-0.05, 0) is 105 Å². The molecule has 0 aliphatic heterocycles. The molecule has 3 aliphatic rings. The first-order valence-corrected chi connectivity index (χ1v) is 15.4. The van der Waals surface area contributed by atoms with Crippen LogP contribution >= 0.6 is 0 Å². The number of carbonyl (C=O) groups is 3. The number of aliphatic hydroxyl groups is 2. The molecular weight excluding hydrogens is 568 g/mol. The van der Waals surface area contributed by atoms with Crippen LogP contribution in [-0.4, -0.2) is 56.6 Å². The number of benzene rings is 2. The van der Waals surface area contributed by atoms with E-state index in [1.54, 1.807) is 6.07 Å². The zero-order valence-electron chi connectivity index (χ0n) is 24.9. The minimum Gasteiger partial charge on any atom is -0.508 e. The van der Waals surface area contributed by atoms with Gasteiger partial charge >= 0.3 is 11.9 Å². The number of aliphatic hydroxyl groups excluding tert-OH is 2. The minimum atomic E-state index is -1.30. The van der Waals surface area contributed by atoms with Crippen LogP contribution in [0, 0.1) is 17.3 Å². The molecule has 44 heavy (non-hydrogen) atoms. The summed E-state index contributed by atoms with van der Waals surface area (Å²) in [7, 11) is 0. The first-order valence-electron chi connectivity index (χ1n) is 15.4. The molecule has 0 saturated heterocycles. The topological polar surface area (TPSA) is 203 Å². The third-order valence-corrected chi connectivity index (χ3v) is 10.3. The van der Waals surface area contributed by atoms with E-state index >= 15 is 0 Å². The number of aromatic hydroxyl groups is 2. The van der Waals surface area contributed by atoms with Crippen molar-refractivity contribution in [3.05, 3.63) is 47.0 Å². The minimum absolute atomic E-state index is 0.0338. The van der Waals surface area contributed by atoms with Crippen molar-refractivity contribution in [2.45, 2.75) is 95.4 Å². The van der Waals surface area contributed by atoms with Gasteiger partial charge in [-0.2, -0.15) is 0 Å². The van der Waals surface area contributed by atoms with Gasteiger partial charge in [0.2, 0.25) is 0 Å². The second-order valence-electron chi connectivity index (χ2n) is 12.8. The van der Waals surface area contributed by atoms with Crippen molar-refractivity contribution in [3.8, 4) is 17.2 Å².